The molecule has 0 aliphatic carbocycles. The van der Waals surface area contributed by atoms with E-state index in [-0.39, 0.29) is 35.8 Å². The summed E-state index contributed by atoms with van der Waals surface area (Å²) in [7, 11) is -3.63. The molecular weight excluding hydrogens is 338 g/mol. The monoisotopic (exact) mass is 361 g/mol. The normalized spacial score (nSPS) is 12.1. The molecule has 0 bridgehead atoms. The molecular formula is C15H24ClN3O3S. The molecule has 1 aromatic carbocycles. The Morgan fingerprint density at radius 2 is 2.09 bits per heavy atom. The molecule has 0 saturated heterocycles. The highest BCUT2D eigenvalue weighted by atomic mass is 35.5. The minimum absolute atomic E-state index is 0. The molecule has 0 aliphatic heterocycles. The standard InChI is InChI=1S/C15H23N3O3S.ClH/c1-4-9-18-22(20,21)14-8-6-7-13(10-14)15(19)17-11-12(3)16-5-2;/h4,6-8,10,12,16,18H,1,5,9,11H2,2-3H3,(H,17,19);1H/t12-;/m1./s1. The van der Waals surface area contributed by atoms with E-state index in [1.54, 1.807) is 12.1 Å². The quantitative estimate of drug-likeness (QED) is 0.578. The van der Waals surface area contributed by atoms with Crippen molar-refractivity contribution >= 4 is 28.3 Å². The smallest absolute Gasteiger partial charge is 0.251 e. The lowest BCUT2D eigenvalue weighted by molar-refractivity contribution is 0.0950. The SMILES string of the molecule is C=CCNS(=O)(=O)c1cccc(C(=O)NC[C@@H](C)NCC)c1.Cl. The van der Waals surface area contributed by atoms with Gasteiger partial charge in [0, 0.05) is 24.7 Å². The van der Waals surface area contributed by atoms with E-state index in [0.717, 1.165) is 6.54 Å². The minimum atomic E-state index is -3.63. The second-order valence-corrected chi connectivity index (χ2v) is 6.60. The number of sulfonamides is 1. The Morgan fingerprint density at radius 1 is 1.39 bits per heavy atom. The molecule has 0 saturated carbocycles. The lowest BCUT2D eigenvalue weighted by atomic mass is 10.2. The zero-order valence-electron chi connectivity index (χ0n) is 13.3. The van der Waals surface area contributed by atoms with Gasteiger partial charge < -0.3 is 10.6 Å². The van der Waals surface area contributed by atoms with Crippen molar-refractivity contribution in [2.24, 2.45) is 0 Å². The zero-order valence-corrected chi connectivity index (χ0v) is 15.0. The lowest BCUT2D eigenvalue weighted by Crippen LogP contribution is -2.38. The predicted molar refractivity (Wildman–Crippen MR) is 94.5 cm³/mol. The van der Waals surface area contributed by atoms with E-state index >= 15 is 0 Å². The van der Waals surface area contributed by atoms with Crippen LogP contribution in [0, 0.1) is 0 Å². The van der Waals surface area contributed by atoms with Crippen molar-refractivity contribution in [1.29, 1.82) is 0 Å². The van der Waals surface area contributed by atoms with E-state index in [9.17, 15) is 13.2 Å². The van der Waals surface area contributed by atoms with Gasteiger partial charge in [-0.2, -0.15) is 0 Å². The fourth-order valence-electron chi connectivity index (χ4n) is 1.82. The van der Waals surface area contributed by atoms with Crippen LogP contribution < -0.4 is 15.4 Å². The molecule has 0 fully saturated rings. The van der Waals surface area contributed by atoms with Crippen molar-refractivity contribution in [3.8, 4) is 0 Å². The fourth-order valence-corrected chi connectivity index (χ4v) is 2.87. The van der Waals surface area contributed by atoms with Crippen LogP contribution in [-0.4, -0.2) is 40.0 Å². The third kappa shape index (κ3) is 7.13. The second-order valence-electron chi connectivity index (χ2n) is 4.84. The molecule has 0 aliphatic rings. The van der Waals surface area contributed by atoms with Crippen LogP contribution in [0.3, 0.4) is 0 Å². The summed E-state index contributed by atoms with van der Waals surface area (Å²) in [6.07, 6.45) is 1.45. The number of rotatable bonds is 9. The summed E-state index contributed by atoms with van der Waals surface area (Å²) in [6.45, 7) is 8.84. The Labute approximate surface area is 144 Å². The first-order valence-electron chi connectivity index (χ1n) is 7.13. The van der Waals surface area contributed by atoms with E-state index in [1.807, 2.05) is 13.8 Å². The molecule has 23 heavy (non-hydrogen) atoms. The molecule has 130 valence electrons. The average molecular weight is 362 g/mol. The molecule has 0 heterocycles. The van der Waals surface area contributed by atoms with Crippen molar-refractivity contribution in [3.05, 3.63) is 42.5 Å². The number of benzene rings is 1. The zero-order chi connectivity index (χ0) is 16.6. The van der Waals surface area contributed by atoms with Gasteiger partial charge in [0.05, 0.1) is 4.90 Å². The van der Waals surface area contributed by atoms with Gasteiger partial charge in [0.15, 0.2) is 0 Å². The summed E-state index contributed by atoms with van der Waals surface area (Å²) < 4.78 is 26.4. The Balaban J connectivity index is 0.00000484. The van der Waals surface area contributed by atoms with E-state index in [2.05, 4.69) is 21.9 Å². The second kappa shape index (κ2) is 10.4. The number of amides is 1. The van der Waals surface area contributed by atoms with Crippen LogP contribution in [0.2, 0.25) is 0 Å². The topological polar surface area (TPSA) is 87.3 Å². The predicted octanol–water partition coefficient (Wildman–Crippen LogP) is 1.30. The third-order valence-electron chi connectivity index (χ3n) is 2.95. The van der Waals surface area contributed by atoms with Gasteiger partial charge in [0.1, 0.15) is 0 Å². The molecule has 0 radical (unpaired) electrons. The largest absolute Gasteiger partial charge is 0.350 e. The maximum atomic E-state index is 12.1. The number of hydrogen-bond donors (Lipinski definition) is 3. The molecule has 6 nitrogen and oxygen atoms in total. The summed E-state index contributed by atoms with van der Waals surface area (Å²) in [6, 6.07) is 6.09. The summed E-state index contributed by atoms with van der Waals surface area (Å²) in [5.74, 6) is -0.300. The summed E-state index contributed by atoms with van der Waals surface area (Å²) in [5, 5.41) is 5.95. The highest BCUT2D eigenvalue weighted by molar-refractivity contribution is 7.89. The molecule has 0 aromatic heterocycles. The van der Waals surface area contributed by atoms with Crippen LogP contribution in [0.5, 0.6) is 0 Å². The van der Waals surface area contributed by atoms with E-state index in [1.165, 1.54) is 18.2 Å². The number of carbonyl (C=O) groups is 1. The van der Waals surface area contributed by atoms with E-state index in [4.69, 9.17) is 0 Å². The Hall–Kier alpha value is -1.41. The van der Waals surface area contributed by atoms with Gasteiger partial charge in [-0.3, -0.25) is 4.79 Å². The molecule has 0 unspecified atom stereocenters. The van der Waals surface area contributed by atoms with Crippen LogP contribution >= 0.6 is 12.4 Å². The van der Waals surface area contributed by atoms with Crippen molar-refractivity contribution in [1.82, 2.24) is 15.4 Å². The van der Waals surface area contributed by atoms with Gasteiger partial charge in [0.25, 0.3) is 5.91 Å². The van der Waals surface area contributed by atoms with Crippen LogP contribution in [0.25, 0.3) is 0 Å². The van der Waals surface area contributed by atoms with Crippen LogP contribution in [-0.2, 0) is 10.0 Å². The fraction of sp³-hybridized carbons (Fsp3) is 0.400. The van der Waals surface area contributed by atoms with Crippen LogP contribution in [0.1, 0.15) is 24.2 Å². The van der Waals surface area contributed by atoms with Gasteiger partial charge in [-0.1, -0.05) is 19.1 Å². The number of nitrogens with one attached hydrogen (secondary N) is 3. The van der Waals surface area contributed by atoms with Crippen molar-refractivity contribution < 1.29 is 13.2 Å². The van der Waals surface area contributed by atoms with Gasteiger partial charge in [-0.25, -0.2) is 13.1 Å². The Morgan fingerprint density at radius 3 is 2.70 bits per heavy atom. The summed E-state index contributed by atoms with van der Waals surface area (Å²) >= 11 is 0. The first-order valence-corrected chi connectivity index (χ1v) is 8.61. The molecule has 1 amide bonds. The lowest BCUT2D eigenvalue weighted by Gasteiger charge is -2.13. The first-order chi connectivity index (χ1) is 10.4. The summed E-state index contributed by atoms with van der Waals surface area (Å²) in [5.41, 5.74) is 0.310. The number of hydrogen-bond acceptors (Lipinski definition) is 4. The van der Waals surface area contributed by atoms with E-state index in [0.29, 0.717) is 12.1 Å². The molecule has 8 heteroatoms. The molecule has 0 spiro atoms. The average Bonchev–Trinajstić information content (AvgIpc) is 2.51. The highest BCUT2D eigenvalue weighted by Gasteiger charge is 2.15. The first kappa shape index (κ1) is 21.6. The number of carbonyl (C=O) groups excluding carboxylic acids is 1. The van der Waals surface area contributed by atoms with Gasteiger partial charge >= 0.3 is 0 Å². The van der Waals surface area contributed by atoms with Crippen molar-refractivity contribution in [3.63, 3.8) is 0 Å². The Kier molecular flexibility index (Phi) is 9.74. The Bertz CT molecular complexity index is 620. The molecule has 1 atom stereocenters. The van der Waals surface area contributed by atoms with Gasteiger partial charge in [-0.05, 0) is 31.7 Å². The number of likely N-dealkylation sites (N-methyl/N-ethyl adjacent to an activating group) is 1. The maximum absolute atomic E-state index is 12.1. The minimum Gasteiger partial charge on any atom is -0.350 e. The number of halogens is 1. The molecule has 3 N–H and O–H groups in total. The van der Waals surface area contributed by atoms with Crippen molar-refractivity contribution in [2.45, 2.75) is 24.8 Å². The van der Waals surface area contributed by atoms with Crippen LogP contribution in [0.4, 0.5) is 0 Å². The van der Waals surface area contributed by atoms with Gasteiger partial charge in [-0.15, -0.1) is 19.0 Å². The third-order valence-corrected chi connectivity index (χ3v) is 4.37. The molecule has 1 rings (SSSR count). The van der Waals surface area contributed by atoms with Crippen LogP contribution in [0.15, 0.2) is 41.8 Å². The van der Waals surface area contributed by atoms with Crippen molar-refractivity contribution in [2.75, 3.05) is 19.6 Å². The highest BCUT2D eigenvalue weighted by Crippen LogP contribution is 2.11. The van der Waals surface area contributed by atoms with Gasteiger partial charge in [0.2, 0.25) is 10.0 Å². The maximum Gasteiger partial charge on any atom is 0.251 e. The van der Waals surface area contributed by atoms with E-state index < -0.39 is 10.0 Å². The molecule has 1 aromatic rings. The summed E-state index contributed by atoms with van der Waals surface area (Å²) in [4.78, 5) is 12.1.